The van der Waals surface area contributed by atoms with E-state index in [-0.39, 0.29) is 0 Å². The van der Waals surface area contributed by atoms with Crippen molar-refractivity contribution in [2.75, 3.05) is 11.5 Å². The molecule has 0 heterocycles. The maximum absolute atomic E-state index is 4.68. The lowest BCUT2D eigenvalue weighted by atomic mass is 9.85. The summed E-state index contributed by atoms with van der Waals surface area (Å²) in [6, 6.07) is 0. The Labute approximate surface area is 170 Å². The summed E-state index contributed by atoms with van der Waals surface area (Å²) in [6.45, 7) is 0. The lowest BCUT2D eigenvalue weighted by Crippen LogP contribution is -2.30. The summed E-state index contributed by atoms with van der Waals surface area (Å²) < 4.78 is 0. The van der Waals surface area contributed by atoms with Gasteiger partial charge in [0, 0.05) is 21.0 Å². The van der Waals surface area contributed by atoms with Gasteiger partial charge in [0.1, 0.15) is 0 Å². The van der Waals surface area contributed by atoms with Crippen molar-refractivity contribution in [1.82, 2.24) is 0 Å². The molecular weight excluding hydrogens is 377 g/mol. The first kappa shape index (κ1) is 21.1. The van der Waals surface area contributed by atoms with Crippen molar-refractivity contribution >= 4 is 62.3 Å². The van der Waals surface area contributed by atoms with E-state index in [0.717, 1.165) is 33.8 Å². The molecule has 136 valence electrons. The minimum Gasteiger partial charge on any atom is -0.179 e. The maximum atomic E-state index is 4.68. The summed E-state index contributed by atoms with van der Waals surface area (Å²) >= 11 is 20.8. The van der Waals surface area contributed by atoms with Crippen molar-refractivity contribution < 1.29 is 0 Å². The molecule has 0 aromatic heterocycles. The van der Waals surface area contributed by atoms with Crippen LogP contribution in [0.1, 0.15) is 64.2 Å². The van der Waals surface area contributed by atoms with Crippen LogP contribution in [0, 0.1) is 11.8 Å². The Kier molecular flexibility index (Phi) is 10.5. The molecule has 2 atom stereocenters. The van der Waals surface area contributed by atoms with Crippen LogP contribution in [0.3, 0.4) is 0 Å². The van der Waals surface area contributed by atoms with Crippen LogP contribution in [0.25, 0.3) is 0 Å². The number of hydrogen-bond donors (Lipinski definition) is 4. The second-order valence-corrected chi connectivity index (χ2v) is 11.2. The highest BCUT2D eigenvalue weighted by molar-refractivity contribution is 8.00. The molecule has 0 aliphatic heterocycles. The summed E-state index contributed by atoms with van der Waals surface area (Å²) in [5.41, 5.74) is 0. The minimum absolute atomic E-state index is 0.645. The van der Waals surface area contributed by atoms with Crippen LogP contribution in [0.2, 0.25) is 0 Å². The highest BCUT2D eigenvalue weighted by Gasteiger charge is 2.32. The Morgan fingerprint density at radius 1 is 0.652 bits per heavy atom. The fourth-order valence-corrected chi connectivity index (χ4v) is 7.70. The highest BCUT2D eigenvalue weighted by Crippen LogP contribution is 2.43. The largest absolute Gasteiger partial charge is 0.179 e. The predicted molar refractivity (Wildman–Crippen MR) is 122 cm³/mol. The minimum atomic E-state index is 0.645. The quantitative estimate of drug-likeness (QED) is 0.352. The average molecular weight is 411 g/mol. The van der Waals surface area contributed by atoms with Crippen molar-refractivity contribution in [2.45, 2.75) is 85.2 Å². The first-order valence-electron chi connectivity index (χ1n) is 9.37. The zero-order valence-corrected chi connectivity index (χ0v) is 18.5. The molecule has 2 aliphatic rings. The molecule has 0 radical (unpaired) electrons. The molecule has 5 heteroatoms. The molecule has 2 rings (SSSR count). The van der Waals surface area contributed by atoms with E-state index in [1.165, 1.54) is 64.2 Å². The molecule has 2 saturated carbocycles. The monoisotopic (exact) mass is 410 g/mol. The van der Waals surface area contributed by atoms with Gasteiger partial charge in [0.25, 0.3) is 0 Å². The first-order valence-corrected chi connectivity index (χ1v) is 12.6. The van der Waals surface area contributed by atoms with Gasteiger partial charge >= 0.3 is 0 Å². The van der Waals surface area contributed by atoms with E-state index >= 15 is 0 Å². The molecule has 0 aromatic rings. The van der Waals surface area contributed by atoms with Gasteiger partial charge in [-0.25, -0.2) is 0 Å². The molecule has 0 nitrogen and oxygen atoms in total. The standard InChI is InChI=1S/C18H34S5/c19-11-9-17(13-1-5-15(21)6-2-13)23-18(10-12-20)14-3-7-16(22)8-4-14/h13-22H,1-12H2. The van der Waals surface area contributed by atoms with Gasteiger partial charge in [0.15, 0.2) is 0 Å². The zero-order chi connectivity index (χ0) is 16.7. The Balaban J connectivity index is 1.93. The summed E-state index contributed by atoms with van der Waals surface area (Å²) in [5, 5.41) is 2.89. The van der Waals surface area contributed by atoms with Crippen molar-refractivity contribution in [3.63, 3.8) is 0 Å². The Morgan fingerprint density at radius 3 is 1.30 bits per heavy atom. The van der Waals surface area contributed by atoms with Crippen molar-refractivity contribution in [3.8, 4) is 0 Å². The number of hydrogen-bond acceptors (Lipinski definition) is 5. The highest BCUT2D eigenvalue weighted by atomic mass is 32.2. The van der Waals surface area contributed by atoms with Gasteiger partial charge in [-0.05, 0) is 87.5 Å². The van der Waals surface area contributed by atoms with Gasteiger partial charge in [-0.15, -0.1) is 0 Å². The van der Waals surface area contributed by atoms with Crippen molar-refractivity contribution in [1.29, 1.82) is 0 Å². The molecule has 23 heavy (non-hydrogen) atoms. The van der Waals surface area contributed by atoms with E-state index in [1.807, 2.05) is 0 Å². The molecule has 2 aliphatic carbocycles. The van der Waals surface area contributed by atoms with Gasteiger partial charge in [0.2, 0.25) is 0 Å². The van der Waals surface area contributed by atoms with E-state index in [1.54, 1.807) is 0 Å². The average Bonchev–Trinajstić information content (AvgIpc) is 2.55. The summed E-state index contributed by atoms with van der Waals surface area (Å²) in [4.78, 5) is 0. The number of thioether (sulfide) groups is 1. The van der Waals surface area contributed by atoms with Crippen LogP contribution in [-0.4, -0.2) is 32.5 Å². The maximum Gasteiger partial charge on any atom is 0.00859 e. The third-order valence-electron chi connectivity index (χ3n) is 5.71. The molecule has 2 fully saturated rings. The van der Waals surface area contributed by atoms with Gasteiger partial charge in [-0.2, -0.15) is 62.3 Å². The van der Waals surface area contributed by atoms with E-state index in [0.29, 0.717) is 10.5 Å². The van der Waals surface area contributed by atoms with E-state index in [2.05, 4.69) is 62.3 Å². The molecule has 0 N–H and O–H groups in total. The van der Waals surface area contributed by atoms with Crippen LogP contribution in [0.15, 0.2) is 0 Å². The third kappa shape index (κ3) is 7.11. The zero-order valence-electron chi connectivity index (χ0n) is 14.1. The van der Waals surface area contributed by atoms with Crippen molar-refractivity contribution in [2.24, 2.45) is 11.8 Å². The summed E-state index contributed by atoms with van der Waals surface area (Å²) in [5.74, 6) is 3.82. The van der Waals surface area contributed by atoms with E-state index in [9.17, 15) is 0 Å². The second kappa shape index (κ2) is 11.5. The van der Waals surface area contributed by atoms with Gasteiger partial charge in [-0.1, -0.05) is 0 Å². The fraction of sp³-hybridized carbons (Fsp3) is 1.00. The lowest BCUT2D eigenvalue weighted by Gasteiger charge is -2.38. The molecule has 0 aromatic carbocycles. The van der Waals surface area contributed by atoms with Crippen LogP contribution in [0.5, 0.6) is 0 Å². The van der Waals surface area contributed by atoms with Gasteiger partial charge < -0.3 is 0 Å². The van der Waals surface area contributed by atoms with E-state index in [4.69, 9.17) is 0 Å². The SMILES string of the molecule is SCCC(SC(CCS)C1CCC(S)CC1)C1CCC(S)CC1. The van der Waals surface area contributed by atoms with Crippen LogP contribution >= 0.6 is 62.3 Å². The molecule has 0 spiro atoms. The van der Waals surface area contributed by atoms with E-state index < -0.39 is 0 Å². The number of rotatable bonds is 8. The Hall–Kier alpha value is 1.75. The first-order chi connectivity index (χ1) is 11.1. The summed E-state index contributed by atoms with van der Waals surface area (Å²) in [7, 11) is 0. The molecular formula is C18H34S5. The smallest absolute Gasteiger partial charge is 0.00859 e. The van der Waals surface area contributed by atoms with Crippen molar-refractivity contribution in [3.05, 3.63) is 0 Å². The topological polar surface area (TPSA) is 0 Å². The molecule has 0 bridgehead atoms. The normalized spacial score (nSPS) is 35.0. The van der Waals surface area contributed by atoms with Gasteiger partial charge in [0.05, 0.1) is 0 Å². The number of thiol groups is 4. The molecule has 0 saturated heterocycles. The third-order valence-corrected chi connectivity index (χ3v) is 9.20. The Bertz CT molecular complexity index is 279. The summed E-state index contributed by atoms with van der Waals surface area (Å²) in [6.07, 6.45) is 13.2. The van der Waals surface area contributed by atoms with Crippen LogP contribution in [-0.2, 0) is 0 Å². The Morgan fingerprint density at radius 2 is 1.00 bits per heavy atom. The van der Waals surface area contributed by atoms with Gasteiger partial charge in [-0.3, -0.25) is 0 Å². The predicted octanol–water partition coefficient (Wildman–Crippen LogP) is 6.07. The second-order valence-electron chi connectivity index (χ2n) is 7.37. The van der Waals surface area contributed by atoms with Crippen LogP contribution in [0.4, 0.5) is 0 Å². The van der Waals surface area contributed by atoms with Crippen LogP contribution < -0.4 is 0 Å². The molecule has 2 unspecified atom stereocenters. The fourth-order valence-electron chi connectivity index (χ4n) is 4.26. The molecule has 0 amide bonds. The lowest BCUT2D eigenvalue weighted by molar-refractivity contribution is 0.339.